The summed E-state index contributed by atoms with van der Waals surface area (Å²) in [6.07, 6.45) is 5.84. The van der Waals surface area contributed by atoms with Crippen molar-refractivity contribution in [2.75, 3.05) is 20.6 Å². The van der Waals surface area contributed by atoms with Crippen LogP contribution in [0.15, 0.2) is 42.0 Å². The van der Waals surface area contributed by atoms with Gasteiger partial charge in [-0.3, -0.25) is 0 Å². The molecule has 140 valence electrons. The molecule has 0 saturated heterocycles. The summed E-state index contributed by atoms with van der Waals surface area (Å²) in [5.74, 6) is 0. The number of nitrogens with zero attached hydrogens (tertiary/aromatic N) is 1. The number of hydrogen-bond acceptors (Lipinski definition) is 2. The Morgan fingerprint density at radius 2 is 1.80 bits per heavy atom. The fourth-order valence-electron chi connectivity index (χ4n) is 2.82. The van der Waals surface area contributed by atoms with Crippen molar-refractivity contribution in [1.29, 1.82) is 0 Å². The van der Waals surface area contributed by atoms with E-state index in [0.29, 0.717) is 4.22 Å². The summed E-state index contributed by atoms with van der Waals surface area (Å²) in [4.78, 5) is 2.24. The molecule has 1 aliphatic rings. The van der Waals surface area contributed by atoms with Crippen molar-refractivity contribution in [2.45, 2.75) is 43.9 Å². The quantitative estimate of drug-likeness (QED) is 0.634. The first-order valence-electron chi connectivity index (χ1n) is 8.42. The van der Waals surface area contributed by atoms with Crippen molar-refractivity contribution >= 4 is 30.4 Å². The van der Waals surface area contributed by atoms with Crippen LogP contribution >= 0.6 is 24.8 Å². The van der Waals surface area contributed by atoms with Crippen LogP contribution in [0.4, 0.5) is 0 Å². The second kappa shape index (κ2) is 10.9. The predicted molar refractivity (Wildman–Crippen MR) is 111 cm³/mol. The summed E-state index contributed by atoms with van der Waals surface area (Å²) in [7, 11) is 4.26. The van der Waals surface area contributed by atoms with Gasteiger partial charge >= 0.3 is 151 Å². The van der Waals surface area contributed by atoms with Crippen LogP contribution in [0.25, 0.3) is 5.57 Å². The van der Waals surface area contributed by atoms with E-state index in [-0.39, 0.29) is 49.8 Å². The van der Waals surface area contributed by atoms with Crippen LogP contribution in [-0.2, 0) is 19.4 Å². The number of rotatable bonds is 6. The van der Waals surface area contributed by atoms with Crippen molar-refractivity contribution in [3.05, 3.63) is 53.1 Å². The van der Waals surface area contributed by atoms with Gasteiger partial charge in [-0.1, -0.05) is 0 Å². The summed E-state index contributed by atoms with van der Waals surface area (Å²) < 4.78 is 4.39. The van der Waals surface area contributed by atoms with E-state index in [1.807, 2.05) is 0 Å². The topological polar surface area (TPSA) is 15.3 Å². The standard InChI is InChI=1S/C16H20N.C4H10N.2ClH.Ti/c1-4-14-7-5-6-8-16(14)15-10-9-13(11-15)12-17(2)3;1-4(2,3)5;;;/h4-9,11H,10,12H2,1-3H3;5H,1-3H3;2*1H;/q;-1;;;+1. The Labute approximate surface area is 175 Å². The molecule has 2 rings (SSSR count). The molecule has 0 heterocycles. The number of likely N-dealkylation sites (N-methyl/N-ethyl adjacent to an activating group) is 1. The van der Waals surface area contributed by atoms with E-state index in [9.17, 15) is 0 Å². The van der Waals surface area contributed by atoms with Crippen LogP contribution in [0.5, 0.6) is 0 Å². The largest absolute Gasteiger partial charge is 0.147 e. The van der Waals surface area contributed by atoms with Gasteiger partial charge in [-0.15, -0.1) is 24.8 Å². The van der Waals surface area contributed by atoms with Gasteiger partial charge in [0, 0.05) is 0 Å². The van der Waals surface area contributed by atoms with Crippen molar-refractivity contribution in [2.24, 2.45) is 0 Å². The average Bonchev–Trinajstić information content (AvgIpc) is 2.91. The average molecular weight is 419 g/mol. The molecular formula is C20H32Cl2N2Ti. The fourth-order valence-corrected chi connectivity index (χ4v) is 4.47. The third-order valence-electron chi connectivity index (χ3n) is 3.88. The molecule has 1 aliphatic carbocycles. The van der Waals surface area contributed by atoms with Crippen LogP contribution in [0, 0.1) is 0 Å². The molecule has 0 bridgehead atoms. The zero-order chi connectivity index (χ0) is 17.0. The molecule has 0 aliphatic heterocycles. The number of allylic oxidation sites excluding steroid dienone is 2. The Balaban J connectivity index is 0.00000288. The molecule has 0 spiro atoms. The molecule has 2 nitrogen and oxygen atoms in total. The molecule has 1 aromatic carbocycles. The Hall–Kier alpha value is -0.0857. The minimum absolute atomic E-state index is 0. The summed E-state index contributed by atoms with van der Waals surface area (Å²) in [5, 5.41) is 0. The Kier molecular flexibility index (Phi) is 10.9. The first-order chi connectivity index (χ1) is 10.8. The fraction of sp³-hybridized carbons (Fsp3) is 0.500. The van der Waals surface area contributed by atoms with Gasteiger partial charge in [-0.2, -0.15) is 0 Å². The van der Waals surface area contributed by atoms with Crippen LogP contribution in [0.1, 0.15) is 49.5 Å². The maximum atomic E-state index is 3.76. The van der Waals surface area contributed by atoms with E-state index in [1.165, 1.54) is 22.3 Å². The first kappa shape index (κ1) is 24.9. The SMILES string of the molecule is C[CH]([Ti][NH]C(C)(C)C)c1ccccc1C1=CC(CN(C)C)=CC1.Cl.Cl. The van der Waals surface area contributed by atoms with Gasteiger partial charge in [-0.25, -0.2) is 0 Å². The minimum Gasteiger partial charge on any atom is -0.147 e. The van der Waals surface area contributed by atoms with E-state index in [1.54, 1.807) is 0 Å². The van der Waals surface area contributed by atoms with Crippen LogP contribution in [-0.4, -0.2) is 31.1 Å². The minimum atomic E-state index is -0.213. The van der Waals surface area contributed by atoms with E-state index < -0.39 is 0 Å². The van der Waals surface area contributed by atoms with E-state index >= 15 is 0 Å². The number of benzene rings is 1. The van der Waals surface area contributed by atoms with Crippen molar-refractivity contribution in [3.8, 4) is 0 Å². The van der Waals surface area contributed by atoms with Gasteiger partial charge < -0.3 is 0 Å². The van der Waals surface area contributed by atoms with Gasteiger partial charge in [0.2, 0.25) is 0 Å². The molecule has 1 aromatic rings. The van der Waals surface area contributed by atoms with Crippen molar-refractivity contribution in [3.63, 3.8) is 0 Å². The normalized spacial score (nSPS) is 15.0. The summed E-state index contributed by atoms with van der Waals surface area (Å²) in [5.41, 5.74) is 6.10. The third-order valence-corrected chi connectivity index (χ3v) is 6.44. The zero-order valence-electron chi connectivity index (χ0n) is 16.2. The van der Waals surface area contributed by atoms with Gasteiger partial charge in [0.05, 0.1) is 0 Å². The van der Waals surface area contributed by atoms with Crippen molar-refractivity contribution in [1.82, 2.24) is 8.70 Å². The Morgan fingerprint density at radius 3 is 2.40 bits per heavy atom. The molecule has 0 saturated carbocycles. The smallest absolute Gasteiger partial charge is 0.147 e. The van der Waals surface area contributed by atoms with Gasteiger partial charge in [0.25, 0.3) is 0 Å². The second-order valence-corrected chi connectivity index (χ2v) is 9.91. The maximum absolute atomic E-state index is 3.76. The number of hydrogen-bond donors (Lipinski definition) is 1. The molecule has 0 aromatic heterocycles. The van der Waals surface area contributed by atoms with Gasteiger partial charge in [0.15, 0.2) is 0 Å². The molecule has 5 heteroatoms. The molecule has 0 amide bonds. The molecule has 0 radical (unpaired) electrons. The molecule has 25 heavy (non-hydrogen) atoms. The summed E-state index contributed by atoms with van der Waals surface area (Å²) >= 11 is -0.213. The second-order valence-electron chi connectivity index (χ2n) is 7.72. The Bertz CT molecular complexity index is 604. The summed E-state index contributed by atoms with van der Waals surface area (Å²) in [6.45, 7) is 10.2. The molecule has 1 N–H and O–H groups in total. The maximum Gasteiger partial charge on any atom is -0.147 e. The third kappa shape index (κ3) is 7.99. The Morgan fingerprint density at radius 1 is 1.16 bits per heavy atom. The van der Waals surface area contributed by atoms with E-state index in [4.69, 9.17) is 0 Å². The van der Waals surface area contributed by atoms with Gasteiger partial charge in [-0.05, 0) is 0 Å². The van der Waals surface area contributed by atoms with Crippen LogP contribution in [0.3, 0.4) is 0 Å². The van der Waals surface area contributed by atoms with Gasteiger partial charge in [0.1, 0.15) is 0 Å². The van der Waals surface area contributed by atoms with E-state index in [0.717, 1.165) is 13.0 Å². The van der Waals surface area contributed by atoms with Crippen LogP contribution in [0.2, 0.25) is 0 Å². The number of halogens is 2. The first-order valence-corrected chi connectivity index (χ1v) is 10.1. The molecule has 1 unspecified atom stereocenters. The number of nitrogens with one attached hydrogen (secondary N) is 1. The predicted octanol–water partition coefficient (Wildman–Crippen LogP) is 5.25. The summed E-state index contributed by atoms with van der Waals surface area (Å²) in [6, 6.07) is 8.97. The van der Waals surface area contributed by atoms with Crippen LogP contribution < -0.4 is 3.80 Å². The molecular weight excluding hydrogens is 387 g/mol. The molecule has 0 fully saturated rings. The molecule has 1 atom stereocenters. The monoisotopic (exact) mass is 418 g/mol. The van der Waals surface area contributed by atoms with Crippen molar-refractivity contribution < 1.29 is 19.4 Å². The van der Waals surface area contributed by atoms with E-state index in [2.05, 4.69) is 86.9 Å². The zero-order valence-corrected chi connectivity index (χ0v) is 19.4.